The second-order valence-electron chi connectivity index (χ2n) is 11.1. The summed E-state index contributed by atoms with van der Waals surface area (Å²) in [4.78, 5) is 7.09. The third-order valence-corrected chi connectivity index (χ3v) is 7.75. The molecule has 0 aliphatic heterocycles. The van der Waals surface area contributed by atoms with E-state index in [0.29, 0.717) is 5.92 Å². The van der Waals surface area contributed by atoms with E-state index < -0.39 is 0 Å². The first-order valence-electron chi connectivity index (χ1n) is 16.3. The summed E-state index contributed by atoms with van der Waals surface area (Å²) in [7, 11) is 2.05. The Balaban J connectivity index is 0.000000271. The second-order valence-corrected chi connectivity index (χ2v) is 11.1. The highest BCUT2D eigenvalue weighted by Crippen LogP contribution is 2.33. The number of rotatable bonds is 8. The molecule has 0 atom stereocenters. The number of pyridine rings is 1. The molecule has 2 nitrogen and oxygen atoms in total. The number of anilines is 2. The number of benzene rings is 4. The smallest absolute Gasteiger partial charge is 0.134 e. The van der Waals surface area contributed by atoms with Crippen LogP contribution in [0.4, 0.5) is 11.5 Å². The number of hydrogen-bond acceptors (Lipinski definition) is 2. The van der Waals surface area contributed by atoms with E-state index in [9.17, 15) is 0 Å². The summed E-state index contributed by atoms with van der Waals surface area (Å²) in [5.74, 6) is 1.46. The van der Waals surface area contributed by atoms with Crippen LogP contribution in [0.25, 0.3) is 33.9 Å². The number of para-hydroxylation sites is 1. The molecule has 5 aromatic rings. The lowest BCUT2D eigenvalue weighted by atomic mass is 9.91. The maximum Gasteiger partial charge on any atom is 0.134 e. The summed E-state index contributed by atoms with van der Waals surface area (Å²) >= 11 is 0. The monoisotopic (exact) mass is 606 g/mol. The molecule has 0 spiro atoms. The van der Waals surface area contributed by atoms with E-state index in [-0.39, 0.29) is 0 Å². The Morgan fingerprint density at radius 2 is 1.35 bits per heavy atom. The Morgan fingerprint density at radius 3 is 1.98 bits per heavy atom. The number of aromatic nitrogens is 1. The predicted octanol–water partition coefficient (Wildman–Crippen LogP) is 13.0. The largest absolute Gasteiger partial charge is 0.329 e. The zero-order valence-corrected chi connectivity index (χ0v) is 29.0. The van der Waals surface area contributed by atoms with Crippen molar-refractivity contribution >= 4 is 23.2 Å². The number of aryl methyl sites for hydroxylation is 1. The Bertz CT molecular complexity index is 1740. The van der Waals surface area contributed by atoms with Crippen LogP contribution < -0.4 is 4.90 Å². The Morgan fingerprint density at radius 1 is 0.739 bits per heavy atom. The second kappa shape index (κ2) is 18.1. The minimum absolute atomic E-state index is 0.566. The Kier molecular flexibility index (Phi) is 14.0. The number of hydrogen-bond donors (Lipinski definition) is 0. The zero-order valence-electron chi connectivity index (χ0n) is 29.0. The van der Waals surface area contributed by atoms with Crippen LogP contribution in [0.5, 0.6) is 0 Å². The topological polar surface area (TPSA) is 16.1 Å². The highest BCUT2D eigenvalue weighted by molar-refractivity contribution is 5.80. The molecule has 236 valence electrons. The molecule has 0 unspecified atom stereocenters. The molecule has 0 saturated carbocycles. The quantitative estimate of drug-likeness (QED) is 0.163. The van der Waals surface area contributed by atoms with Gasteiger partial charge in [0.05, 0.1) is 5.69 Å². The highest BCUT2D eigenvalue weighted by atomic mass is 15.2. The van der Waals surface area contributed by atoms with Crippen molar-refractivity contribution in [2.45, 2.75) is 54.4 Å². The van der Waals surface area contributed by atoms with Crippen molar-refractivity contribution in [3.8, 4) is 22.3 Å². The van der Waals surface area contributed by atoms with Crippen molar-refractivity contribution in [2.75, 3.05) is 11.9 Å². The van der Waals surface area contributed by atoms with Gasteiger partial charge < -0.3 is 4.90 Å². The lowest BCUT2D eigenvalue weighted by molar-refractivity contribution is 0.869. The average molecular weight is 607 g/mol. The number of nitrogens with zero attached hydrogens (tertiary/aromatic N) is 2. The van der Waals surface area contributed by atoms with E-state index in [1.54, 1.807) is 0 Å². The number of allylic oxidation sites excluding steroid dienone is 4. The fraction of sp³-hybridized carbons (Fsp3) is 0.205. The van der Waals surface area contributed by atoms with Gasteiger partial charge in [0.2, 0.25) is 0 Å². The van der Waals surface area contributed by atoms with E-state index in [1.807, 2.05) is 65.1 Å². The van der Waals surface area contributed by atoms with Crippen LogP contribution >= 0.6 is 0 Å². The predicted molar refractivity (Wildman–Crippen MR) is 205 cm³/mol. The normalized spacial score (nSPS) is 10.9. The van der Waals surface area contributed by atoms with Gasteiger partial charge >= 0.3 is 0 Å². The van der Waals surface area contributed by atoms with Gasteiger partial charge in [-0.2, -0.15) is 0 Å². The van der Waals surface area contributed by atoms with Crippen molar-refractivity contribution in [1.29, 1.82) is 0 Å². The molecule has 0 aliphatic carbocycles. The van der Waals surface area contributed by atoms with Gasteiger partial charge in [-0.15, -0.1) is 0 Å². The zero-order chi connectivity index (χ0) is 33.5. The first-order valence-corrected chi connectivity index (χ1v) is 16.3. The summed E-state index contributed by atoms with van der Waals surface area (Å²) in [5, 5.41) is 0. The van der Waals surface area contributed by atoms with Crippen LogP contribution in [0.3, 0.4) is 0 Å². The summed E-state index contributed by atoms with van der Waals surface area (Å²) in [6.45, 7) is 18.7. The molecule has 1 aromatic heterocycles. The van der Waals surface area contributed by atoms with Crippen LogP contribution in [-0.4, -0.2) is 12.0 Å². The molecule has 0 fully saturated rings. The van der Waals surface area contributed by atoms with Crippen LogP contribution in [0, 0.1) is 6.92 Å². The highest BCUT2D eigenvalue weighted by Gasteiger charge is 2.13. The van der Waals surface area contributed by atoms with Gasteiger partial charge in [-0.1, -0.05) is 156 Å². The Hall–Kier alpha value is -4.95. The third kappa shape index (κ3) is 9.05. The molecule has 46 heavy (non-hydrogen) atoms. The molecule has 1 heterocycles. The SMILES string of the molecule is C=Cc1ccccc1N(C)c1cc(-c2ccccc2)cc(C(/C=C\C)=C/C)n1.CC.Cc1ccccc1-c1ccccc1C(C)C. The van der Waals surface area contributed by atoms with E-state index in [1.165, 1.54) is 27.8 Å². The maximum atomic E-state index is 4.97. The van der Waals surface area contributed by atoms with Gasteiger partial charge in [-0.25, -0.2) is 4.98 Å². The van der Waals surface area contributed by atoms with Gasteiger partial charge in [0, 0.05) is 12.7 Å². The van der Waals surface area contributed by atoms with Crippen molar-refractivity contribution in [2.24, 2.45) is 0 Å². The summed E-state index contributed by atoms with van der Waals surface area (Å²) in [6, 6.07) is 40.2. The molecule has 0 N–H and O–H groups in total. The minimum atomic E-state index is 0.566. The molecule has 5 rings (SSSR count). The molecule has 4 aromatic carbocycles. The van der Waals surface area contributed by atoms with Crippen molar-refractivity contribution in [3.05, 3.63) is 162 Å². The Labute approximate surface area is 278 Å². The van der Waals surface area contributed by atoms with E-state index in [4.69, 9.17) is 4.98 Å². The van der Waals surface area contributed by atoms with E-state index >= 15 is 0 Å². The molecule has 0 aliphatic rings. The summed E-state index contributed by atoms with van der Waals surface area (Å²) in [5.41, 5.74) is 12.0. The van der Waals surface area contributed by atoms with Crippen molar-refractivity contribution in [3.63, 3.8) is 0 Å². The minimum Gasteiger partial charge on any atom is -0.329 e. The molecular formula is C44H50N2. The van der Waals surface area contributed by atoms with Crippen LogP contribution in [0.2, 0.25) is 0 Å². The molecule has 0 saturated heterocycles. The molecule has 0 radical (unpaired) electrons. The first kappa shape index (κ1) is 35.5. The molecule has 0 bridgehead atoms. The van der Waals surface area contributed by atoms with Crippen LogP contribution in [0.1, 0.15) is 69.8 Å². The third-order valence-electron chi connectivity index (χ3n) is 7.75. The maximum absolute atomic E-state index is 4.97. The van der Waals surface area contributed by atoms with Crippen LogP contribution in [0.15, 0.2) is 140 Å². The van der Waals surface area contributed by atoms with Gasteiger partial charge in [0.1, 0.15) is 5.82 Å². The lowest BCUT2D eigenvalue weighted by Gasteiger charge is -2.22. The fourth-order valence-corrected chi connectivity index (χ4v) is 5.35. The average Bonchev–Trinajstić information content (AvgIpc) is 3.11. The summed E-state index contributed by atoms with van der Waals surface area (Å²) < 4.78 is 0. The van der Waals surface area contributed by atoms with Gasteiger partial charge in [0.25, 0.3) is 0 Å². The van der Waals surface area contributed by atoms with Crippen LogP contribution in [-0.2, 0) is 0 Å². The van der Waals surface area contributed by atoms with Gasteiger partial charge in [-0.05, 0) is 89.4 Å². The van der Waals surface area contributed by atoms with E-state index in [2.05, 4.69) is 141 Å². The van der Waals surface area contributed by atoms with Gasteiger partial charge in [0.15, 0.2) is 0 Å². The molecule has 0 amide bonds. The molecular weight excluding hydrogens is 556 g/mol. The van der Waals surface area contributed by atoms with Gasteiger partial charge in [-0.3, -0.25) is 0 Å². The first-order chi connectivity index (χ1) is 22.4. The van der Waals surface area contributed by atoms with Crippen molar-refractivity contribution in [1.82, 2.24) is 4.98 Å². The fourth-order valence-electron chi connectivity index (χ4n) is 5.35. The standard InChI is InChI=1S/C26H26N2.C16H18.C2H6/c1-5-13-20(6-2)24-18-23(22-15-9-8-10-16-22)19-26(27-24)28(4)25-17-12-11-14-21(25)7-3;1-12(2)14-9-6-7-11-16(14)15-10-5-4-8-13(15)3;1-2/h5-19H,3H2,1-2,4H3;4-12H,1-3H3;1-2H3/b13-5-,20-6+;;. The summed E-state index contributed by atoms with van der Waals surface area (Å²) in [6.07, 6.45) is 8.12. The van der Waals surface area contributed by atoms with E-state index in [0.717, 1.165) is 33.9 Å². The molecule has 2 heteroatoms. The van der Waals surface area contributed by atoms with Crippen molar-refractivity contribution < 1.29 is 0 Å². The lowest BCUT2D eigenvalue weighted by Crippen LogP contribution is -2.13.